The molecule has 2 aliphatic heterocycles. The smallest absolute Gasteiger partial charge is 0.247 e. The van der Waals surface area contributed by atoms with E-state index in [4.69, 9.17) is 0 Å². The summed E-state index contributed by atoms with van der Waals surface area (Å²) in [5, 5.41) is 3.11. The van der Waals surface area contributed by atoms with E-state index in [9.17, 15) is 4.79 Å². The zero-order chi connectivity index (χ0) is 23.4. The number of rotatable bonds is 7. The fourth-order valence-electron chi connectivity index (χ4n) is 5.37. The highest BCUT2D eigenvalue weighted by Crippen LogP contribution is 2.36. The van der Waals surface area contributed by atoms with Crippen molar-refractivity contribution >= 4 is 23.0 Å². The van der Waals surface area contributed by atoms with Crippen LogP contribution in [0.3, 0.4) is 0 Å². The van der Waals surface area contributed by atoms with E-state index in [0.29, 0.717) is 6.67 Å². The molecule has 0 aromatic heterocycles. The Morgan fingerprint density at radius 2 is 1.44 bits per heavy atom. The summed E-state index contributed by atoms with van der Waals surface area (Å²) in [6.07, 6.45) is 2.81. The predicted molar refractivity (Wildman–Crippen MR) is 140 cm³/mol. The van der Waals surface area contributed by atoms with Crippen molar-refractivity contribution in [1.82, 2.24) is 10.2 Å². The van der Waals surface area contributed by atoms with Crippen molar-refractivity contribution in [3.63, 3.8) is 0 Å². The lowest BCUT2D eigenvalue weighted by Crippen LogP contribution is -2.56. The first kappa shape index (κ1) is 22.5. The number of nitrogens with zero attached hydrogens (tertiary/aromatic N) is 3. The molecular formula is C29H34N4O. The van der Waals surface area contributed by atoms with Crippen LogP contribution in [-0.4, -0.2) is 49.2 Å². The van der Waals surface area contributed by atoms with Gasteiger partial charge in [-0.05, 0) is 69.1 Å². The molecular weight excluding hydrogens is 420 g/mol. The maximum absolute atomic E-state index is 12.9. The summed E-state index contributed by atoms with van der Waals surface area (Å²) in [7, 11) is 0. The molecule has 2 saturated heterocycles. The van der Waals surface area contributed by atoms with Gasteiger partial charge in [-0.1, -0.05) is 54.1 Å². The lowest BCUT2D eigenvalue weighted by atomic mass is 9.85. The second kappa shape index (κ2) is 9.90. The summed E-state index contributed by atoms with van der Waals surface area (Å²) in [4.78, 5) is 20.2. The van der Waals surface area contributed by atoms with Crippen LogP contribution in [0.4, 0.5) is 17.1 Å². The van der Waals surface area contributed by atoms with Gasteiger partial charge in [0.15, 0.2) is 0 Å². The Balaban J connectivity index is 1.20. The molecule has 0 bridgehead atoms. The quantitative estimate of drug-likeness (QED) is 0.548. The zero-order valence-electron chi connectivity index (χ0n) is 20.0. The summed E-state index contributed by atoms with van der Waals surface area (Å²) >= 11 is 0. The van der Waals surface area contributed by atoms with Gasteiger partial charge in [0.05, 0.1) is 6.67 Å². The van der Waals surface area contributed by atoms with Crippen molar-refractivity contribution in [2.24, 2.45) is 0 Å². The maximum atomic E-state index is 12.9. The second-order valence-electron chi connectivity index (χ2n) is 9.48. The third-order valence-corrected chi connectivity index (χ3v) is 7.36. The summed E-state index contributed by atoms with van der Waals surface area (Å²) in [5.74, 6) is 0.187. The van der Waals surface area contributed by atoms with E-state index in [2.05, 4.69) is 112 Å². The van der Waals surface area contributed by atoms with Gasteiger partial charge >= 0.3 is 0 Å². The van der Waals surface area contributed by atoms with E-state index in [0.717, 1.165) is 51.1 Å². The standard InChI is InChI=1S/C29H34N4O/c1-24-13-15-27(16-14-24)33-23-30-28(34)29(33)17-21-31(22-18-29)19-8-20-32(25-9-4-2-5-10-25)26-11-6-3-7-12-26/h2-7,9-16H,8,17-23H2,1H3,(H,30,34). The van der Waals surface area contributed by atoms with Crippen LogP contribution in [-0.2, 0) is 4.79 Å². The van der Waals surface area contributed by atoms with Gasteiger partial charge in [-0.2, -0.15) is 0 Å². The number of piperidine rings is 1. The number of anilines is 3. The number of para-hydroxylation sites is 2. The van der Waals surface area contributed by atoms with Crippen LogP contribution in [0.5, 0.6) is 0 Å². The molecule has 1 N–H and O–H groups in total. The normalized spacial score (nSPS) is 17.7. The Morgan fingerprint density at radius 1 is 0.853 bits per heavy atom. The predicted octanol–water partition coefficient (Wildman–Crippen LogP) is 4.95. The molecule has 5 heteroatoms. The summed E-state index contributed by atoms with van der Waals surface area (Å²) in [5.41, 5.74) is 4.42. The van der Waals surface area contributed by atoms with E-state index in [1.54, 1.807) is 0 Å². The zero-order valence-corrected chi connectivity index (χ0v) is 20.0. The monoisotopic (exact) mass is 454 g/mol. The first-order chi connectivity index (χ1) is 16.7. The molecule has 0 aliphatic carbocycles. The highest BCUT2D eigenvalue weighted by Gasteiger charge is 2.50. The molecule has 0 atom stereocenters. The van der Waals surface area contributed by atoms with Gasteiger partial charge < -0.3 is 20.0 Å². The summed E-state index contributed by atoms with van der Waals surface area (Å²) in [6, 6.07) is 29.8. The van der Waals surface area contributed by atoms with Crippen LogP contribution >= 0.6 is 0 Å². The number of hydrogen-bond acceptors (Lipinski definition) is 4. The Kier molecular flexibility index (Phi) is 6.54. The van der Waals surface area contributed by atoms with Crippen molar-refractivity contribution in [3.05, 3.63) is 90.5 Å². The first-order valence-corrected chi connectivity index (χ1v) is 12.4. The SMILES string of the molecule is Cc1ccc(N2CNC(=O)C23CCN(CCCN(c2ccccc2)c2ccccc2)CC3)cc1. The third kappa shape index (κ3) is 4.53. The van der Waals surface area contributed by atoms with Gasteiger partial charge in [0, 0.05) is 36.7 Å². The number of aryl methyl sites for hydroxylation is 1. The van der Waals surface area contributed by atoms with E-state index in [-0.39, 0.29) is 5.91 Å². The molecule has 0 radical (unpaired) electrons. The van der Waals surface area contributed by atoms with E-state index in [1.807, 2.05) is 0 Å². The highest BCUT2D eigenvalue weighted by molar-refractivity contribution is 5.93. The molecule has 5 rings (SSSR count). The Hall–Kier alpha value is -3.31. The molecule has 0 unspecified atom stereocenters. The molecule has 2 heterocycles. The minimum Gasteiger partial charge on any atom is -0.341 e. The number of amides is 1. The molecule has 2 fully saturated rings. The van der Waals surface area contributed by atoms with Gasteiger partial charge in [0.2, 0.25) is 5.91 Å². The number of benzene rings is 3. The summed E-state index contributed by atoms with van der Waals surface area (Å²) < 4.78 is 0. The largest absolute Gasteiger partial charge is 0.341 e. The van der Waals surface area contributed by atoms with E-state index in [1.165, 1.54) is 16.9 Å². The van der Waals surface area contributed by atoms with Gasteiger partial charge in [-0.25, -0.2) is 0 Å². The lowest BCUT2D eigenvalue weighted by Gasteiger charge is -2.43. The molecule has 176 valence electrons. The Morgan fingerprint density at radius 3 is 2.03 bits per heavy atom. The fourth-order valence-corrected chi connectivity index (χ4v) is 5.37. The molecule has 5 nitrogen and oxygen atoms in total. The topological polar surface area (TPSA) is 38.8 Å². The van der Waals surface area contributed by atoms with Crippen LogP contribution in [0.25, 0.3) is 0 Å². The molecule has 3 aromatic rings. The van der Waals surface area contributed by atoms with Gasteiger partial charge in [0.1, 0.15) is 5.54 Å². The summed E-state index contributed by atoms with van der Waals surface area (Å²) in [6.45, 7) is 6.61. The minimum absolute atomic E-state index is 0.187. The van der Waals surface area contributed by atoms with Crippen molar-refractivity contribution < 1.29 is 4.79 Å². The van der Waals surface area contributed by atoms with E-state index >= 15 is 0 Å². The average Bonchev–Trinajstić information content (AvgIpc) is 3.20. The van der Waals surface area contributed by atoms with E-state index < -0.39 is 5.54 Å². The second-order valence-corrected chi connectivity index (χ2v) is 9.48. The van der Waals surface area contributed by atoms with Crippen molar-refractivity contribution in [1.29, 1.82) is 0 Å². The van der Waals surface area contributed by atoms with Crippen LogP contribution < -0.4 is 15.1 Å². The van der Waals surface area contributed by atoms with Crippen LogP contribution in [0.1, 0.15) is 24.8 Å². The lowest BCUT2D eigenvalue weighted by molar-refractivity contribution is -0.125. The number of carbonyl (C=O) groups is 1. The number of carbonyl (C=O) groups excluding carboxylic acids is 1. The van der Waals surface area contributed by atoms with Crippen LogP contribution in [0.15, 0.2) is 84.9 Å². The van der Waals surface area contributed by atoms with Crippen molar-refractivity contribution in [2.45, 2.75) is 31.7 Å². The highest BCUT2D eigenvalue weighted by atomic mass is 16.2. The number of hydrogen-bond donors (Lipinski definition) is 1. The van der Waals surface area contributed by atoms with Gasteiger partial charge in [-0.3, -0.25) is 4.79 Å². The number of likely N-dealkylation sites (tertiary alicyclic amines) is 1. The molecule has 2 aliphatic rings. The maximum Gasteiger partial charge on any atom is 0.247 e. The van der Waals surface area contributed by atoms with Gasteiger partial charge in [-0.15, -0.1) is 0 Å². The molecule has 1 spiro atoms. The van der Waals surface area contributed by atoms with Crippen LogP contribution in [0.2, 0.25) is 0 Å². The van der Waals surface area contributed by atoms with Crippen molar-refractivity contribution in [2.75, 3.05) is 42.6 Å². The number of nitrogens with one attached hydrogen (secondary N) is 1. The molecule has 1 amide bonds. The third-order valence-electron chi connectivity index (χ3n) is 7.36. The Labute approximate surface area is 203 Å². The molecule has 0 saturated carbocycles. The average molecular weight is 455 g/mol. The van der Waals surface area contributed by atoms with Gasteiger partial charge in [0.25, 0.3) is 0 Å². The van der Waals surface area contributed by atoms with Crippen molar-refractivity contribution in [3.8, 4) is 0 Å². The first-order valence-electron chi connectivity index (χ1n) is 12.4. The fraction of sp³-hybridized carbons (Fsp3) is 0.345. The molecule has 34 heavy (non-hydrogen) atoms. The molecule has 3 aromatic carbocycles. The van der Waals surface area contributed by atoms with Crippen LogP contribution in [0, 0.1) is 6.92 Å². The minimum atomic E-state index is -0.411. The Bertz CT molecular complexity index is 1040.